The Balaban J connectivity index is 1.83. The molecule has 1 N–H and O–H groups in total. The van der Waals surface area contributed by atoms with Crippen LogP contribution in [0.1, 0.15) is 32.6 Å². The Morgan fingerprint density at radius 1 is 1.23 bits per heavy atom. The van der Waals surface area contributed by atoms with Crippen molar-refractivity contribution in [2.24, 2.45) is 0 Å². The summed E-state index contributed by atoms with van der Waals surface area (Å²) >= 11 is 1.65. The Hall–Kier alpha value is -2.44. The van der Waals surface area contributed by atoms with Gasteiger partial charge in [-0.1, -0.05) is 6.07 Å². The fraction of sp³-hybridized carbons (Fsp3) is 0.300. The Kier molecular flexibility index (Phi) is 5.25. The smallest absolute Gasteiger partial charge is 0.287 e. The molecule has 5 nitrogen and oxygen atoms in total. The minimum absolute atomic E-state index is 0.0365. The number of nitrogens with zero attached hydrogens (tertiary/aromatic N) is 1. The molecule has 3 aromatic rings. The maximum atomic E-state index is 12.5. The monoisotopic (exact) mass is 370 g/mol. The molecule has 0 aliphatic heterocycles. The summed E-state index contributed by atoms with van der Waals surface area (Å²) in [5, 5.41) is 5.39. The van der Waals surface area contributed by atoms with Crippen LogP contribution in [0.5, 0.6) is 0 Å². The third-order valence-electron chi connectivity index (χ3n) is 4.52. The summed E-state index contributed by atoms with van der Waals surface area (Å²) in [6, 6.07) is 8.97. The Morgan fingerprint density at radius 2 is 1.96 bits per heavy atom. The van der Waals surface area contributed by atoms with E-state index in [0.717, 1.165) is 11.1 Å². The molecule has 0 spiro atoms. The SMILES string of the molecule is Cc1cc2oc(C(=O)NC[C@@H](c3cccs3)N(C)C)cc(=O)c2cc1C. The molecule has 0 radical (unpaired) electrons. The third-order valence-corrected chi connectivity index (χ3v) is 5.49. The number of fused-ring (bicyclic) bond motifs is 1. The summed E-state index contributed by atoms with van der Waals surface area (Å²) < 4.78 is 5.70. The zero-order valence-corrected chi connectivity index (χ0v) is 16.1. The highest BCUT2D eigenvalue weighted by molar-refractivity contribution is 7.10. The second kappa shape index (κ2) is 7.43. The summed E-state index contributed by atoms with van der Waals surface area (Å²) in [4.78, 5) is 28.1. The molecule has 26 heavy (non-hydrogen) atoms. The van der Waals surface area contributed by atoms with Gasteiger partial charge in [0, 0.05) is 17.5 Å². The van der Waals surface area contributed by atoms with Crippen LogP contribution in [-0.4, -0.2) is 31.4 Å². The van der Waals surface area contributed by atoms with Crippen LogP contribution in [0, 0.1) is 13.8 Å². The van der Waals surface area contributed by atoms with Crippen molar-refractivity contribution in [3.05, 3.63) is 67.7 Å². The molecule has 1 aromatic carbocycles. The van der Waals surface area contributed by atoms with E-state index < -0.39 is 0 Å². The summed E-state index contributed by atoms with van der Waals surface area (Å²) in [6.45, 7) is 4.33. The second-order valence-electron chi connectivity index (χ2n) is 6.61. The van der Waals surface area contributed by atoms with E-state index in [1.165, 1.54) is 10.9 Å². The molecular formula is C20H22N2O3S. The fourth-order valence-corrected chi connectivity index (χ4v) is 3.74. The average molecular weight is 370 g/mol. The molecule has 3 rings (SSSR count). The maximum absolute atomic E-state index is 12.5. The van der Waals surface area contributed by atoms with Crippen molar-refractivity contribution in [3.63, 3.8) is 0 Å². The topological polar surface area (TPSA) is 62.6 Å². The van der Waals surface area contributed by atoms with Gasteiger partial charge in [-0.15, -0.1) is 11.3 Å². The van der Waals surface area contributed by atoms with Crippen molar-refractivity contribution in [1.29, 1.82) is 0 Å². The summed E-state index contributed by atoms with van der Waals surface area (Å²) in [6.07, 6.45) is 0. The molecule has 136 valence electrons. The molecular weight excluding hydrogens is 348 g/mol. The van der Waals surface area contributed by atoms with Crippen molar-refractivity contribution in [1.82, 2.24) is 10.2 Å². The highest BCUT2D eigenvalue weighted by atomic mass is 32.1. The first-order valence-electron chi connectivity index (χ1n) is 8.40. The van der Waals surface area contributed by atoms with Crippen molar-refractivity contribution in [2.75, 3.05) is 20.6 Å². The molecule has 2 heterocycles. The molecule has 1 atom stereocenters. The first-order chi connectivity index (χ1) is 12.4. The van der Waals surface area contributed by atoms with Gasteiger partial charge < -0.3 is 14.6 Å². The Morgan fingerprint density at radius 3 is 2.62 bits per heavy atom. The number of aryl methyl sites for hydroxylation is 2. The van der Waals surface area contributed by atoms with E-state index in [2.05, 4.69) is 10.2 Å². The number of thiophene rings is 1. The highest BCUT2D eigenvalue weighted by Gasteiger charge is 2.18. The first-order valence-corrected chi connectivity index (χ1v) is 9.28. The molecule has 0 aliphatic rings. The van der Waals surface area contributed by atoms with E-state index in [-0.39, 0.29) is 23.1 Å². The van der Waals surface area contributed by atoms with Crippen LogP contribution >= 0.6 is 11.3 Å². The van der Waals surface area contributed by atoms with Crippen molar-refractivity contribution < 1.29 is 9.21 Å². The van der Waals surface area contributed by atoms with Crippen LogP contribution in [0.15, 0.2) is 44.9 Å². The largest absolute Gasteiger partial charge is 0.451 e. The van der Waals surface area contributed by atoms with Gasteiger partial charge in [-0.2, -0.15) is 0 Å². The lowest BCUT2D eigenvalue weighted by atomic mass is 10.1. The van der Waals surface area contributed by atoms with Crippen molar-refractivity contribution in [3.8, 4) is 0 Å². The van der Waals surface area contributed by atoms with E-state index in [1.54, 1.807) is 23.5 Å². The molecule has 0 bridgehead atoms. The van der Waals surface area contributed by atoms with Crippen LogP contribution in [0.4, 0.5) is 0 Å². The fourth-order valence-electron chi connectivity index (χ4n) is 2.82. The lowest BCUT2D eigenvalue weighted by molar-refractivity contribution is 0.0915. The summed E-state index contributed by atoms with van der Waals surface area (Å²) in [7, 11) is 3.94. The van der Waals surface area contributed by atoms with Gasteiger partial charge in [0.1, 0.15) is 5.58 Å². The summed E-state index contributed by atoms with van der Waals surface area (Å²) in [5.41, 5.74) is 2.27. The molecule has 0 fully saturated rings. The predicted molar refractivity (Wildman–Crippen MR) is 105 cm³/mol. The number of rotatable bonds is 5. The number of carbonyl (C=O) groups is 1. The van der Waals surface area contributed by atoms with E-state index in [9.17, 15) is 9.59 Å². The molecule has 6 heteroatoms. The van der Waals surface area contributed by atoms with E-state index in [4.69, 9.17) is 4.42 Å². The molecule has 0 aliphatic carbocycles. The predicted octanol–water partition coefficient (Wildman–Crippen LogP) is 3.50. The first kappa shape index (κ1) is 18.4. The van der Waals surface area contributed by atoms with Gasteiger partial charge in [0.05, 0.1) is 11.4 Å². The molecule has 0 saturated heterocycles. The van der Waals surface area contributed by atoms with Crippen LogP contribution < -0.4 is 10.7 Å². The number of hydrogen-bond acceptors (Lipinski definition) is 5. The number of amides is 1. The van der Waals surface area contributed by atoms with Crippen LogP contribution in [0.3, 0.4) is 0 Å². The van der Waals surface area contributed by atoms with Gasteiger partial charge in [0.2, 0.25) is 0 Å². The number of carbonyl (C=O) groups excluding carboxylic acids is 1. The average Bonchev–Trinajstić information content (AvgIpc) is 3.10. The Labute approximate surface area is 156 Å². The van der Waals surface area contributed by atoms with Gasteiger partial charge in [-0.3, -0.25) is 9.59 Å². The van der Waals surface area contributed by atoms with Gasteiger partial charge in [0.15, 0.2) is 11.2 Å². The zero-order chi connectivity index (χ0) is 18.8. The van der Waals surface area contributed by atoms with E-state index >= 15 is 0 Å². The van der Waals surface area contributed by atoms with Crippen molar-refractivity contribution >= 4 is 28.2 Å². The molecule has 2 aromatic heterocycles. The zero-order valence-electron chi connectivity index (χ0n) is 15.3. The number of hydrogen-bond donors (Lipinski definition) is 1. The quantitative estimate of drug-likeness (QED) is 0.747. The third kappa shape index (κ3) is 3.71. The number of likely N-dealkylation sites (N-methyl/N-ethyl adjacent to an activating group) is 1. The maximum Gasteiger partial charge on any atom is 0.287 e. The van der Waals surface area contributed by atoms with Crippen LogP contribution in [0.25, 0.3) is 11.0 Å². The minimum Gasteiger partial charge on any atom is -0.451 e. The van der Waals surface area contributed by atoms with Gasteiger partial charge in [0.25, 0.3) is 5.91 Å². The normalized spacial score (nSPS) is 12.5. The van der Waals surface area contributed by atoms with Crippen LogP contribution in [-0.2, 0) is 0 Å². The number of nitrogens with one attached hydrogen (secondary N) is 1. The van der Waals surface area contributed by atoms with Gasteiger partial charge in [-0.25, -0.2) is 0 Å². The van der Waals surface area contributed by atoms with E-state index in [0.29, 0.717) is 17.5 Å². The highest BCUT2D eigenvalue weighted by Crippen LogP contribution is 2.22. The molecule has 0 saturated carbocycles. The Bertz CT molecular complexity index is 990. The van der Waals surface area contributed by atoms with Crippen LogP contribution in [0.2, 0.25) is 0 Å². The lowest BCUT2D eigenvalue weighted by Gasteiger charge is -2.23. The van der Waals surface area contributed by atoms with E-state index in [1.807, 2.05) is 45.5 Å². The minimum atomic E-state index is -0.384. The lowest BCUT2D eigenvalue weighted by Crippen LogP contribution is -2.34. The van der Waals surface area contributed by atoms with Gasteiger partial charge in [-0.05, 0) is 62.6 Å². The van der Waals surface area contributed by atoms with Crippen molar-refractivity contribution in [2.45, 2.75) is 19.9 Å². The van der Waals surface area contributed by atoms with Gasteiger partial charge >= 0.3 is 0 Å². The second-order valence-corrected chi connectivity index (χ2v) is 7.59. The summed E-state index contributed by atoms with van der Waals surface area (Å²) in [5.74, 6) is -0.347. The molecule has 0 unspecified atom stereocenters. The molecule has 1 amide bonds. The number of benzene rings is 1. The standard InChI is InChI=1S/C20H22N2O3S/c1-12-8-14-16(23)10-18(25-17(14)9-13(12)2)20(24)21-11-15(22(3)4)19-6-5-7-26-19/h5-10,15H,11H2,1-4H3,(H,21,24)/t15-/m0/s1.